The van der Waals surface area contributed by atoms with Gasteiger partial charge in [0.05, 0.1) is 28.1 Å². The van der Waals surface area contributed by atoms with Crippen LogP contribution in [0, 0.1) is 11.3 Å². The van der Waals surface area contributed by atoms with Crippen molar-refractivity contribution in [2.24, 2.45) is 0 Å². The average Bonchev–Trinajstić information content (AvgIpc) is 3.17. The number of aromatic nitrogens is 4. The first kappa shape index (κ1) is 25.1. The van der Waals surface area contributed by atoms with Crippen molar-refractivity contribution in [2.75, 3.05) is 5.75 Å². The lowest BCUT2D eigenvalue weighted by molar-refractivity contribution is -0.155. The summed E-state index contributed by atoms with van der Waals surface area (Å²) in [6.07, 6.45) is -3.52. The molecule has 3 heterocycles. The third-order valence-corrected chi connectivity index (χ3v) is 6.28. The van der Waals surface area contributed by atoms with Crippen LogP contribution in [0.3, 0.4) is 0 Å². The molecule has 0 aliphatic carbocycles. The number of ether oxygens (including phenoxy) is 1. The molecule has 0 N–H and O–H groups in total. The summed E-state index contributed by atoms with van der Waals surface area (Å²) in [5.74, 6) is -2.64. The summed E-state index contributed by atoms with van der Waals surface area (Å²) in [6.45, 7) is 6.27. The summed E-state index contributed by atoms with van der Waals surface area (Å²) in [5, 5.41) is 13.0. The maximum absolute atomic E-state index is 13.0. The van der Waals surface area contributed by atoms with Crippen molar-refractivity contribution in [3.8, 4) is 17.5 Å². The highest BCUT2D eigenvalue weighted by Gasteiger charge is 2.34. The number of sulfone groups is 1. The monoisotopic (exact) mass is 495 g/mol. The van der Waals surface area contributed by atoms with Crippen LogP contribution in [0.1, 0.15) is 45.0 Å². The number of hydrogen-bond donors (Lipinski definition) is 0. The van der Waals surface area contributed by atoms with Crippen LogP contribution in [-0.4, -0.2) is 45.3 Å². The number of nitrogens with zero attached hydrogens (tertiary/aromatic N) is 5. The van der Waals surface area contributed by atoms with E-state index in [1.54, 1.807) is 26.8 Å². The van der Waals surface area contributed by atoms with Crippen LogP contribution in [0.15, 0.2) is 35.4 Å². The standard InChI is InChI=1S/C21H20F3N5O4S/c1-5-34(31,32)15-7-6-13(12(11-25)19(30)33-20(2,3)4)27-18(15)14-8-9-29-17(26-14)10-16(28-29)21(22,23)24/h6-10,12H,5H2,1-4H3. The Balaban J connectivity index is 2.20. The van der Waals surface area contributed by atoms with E-state index in [0.717, 1.165) is 4.52 Å². The second-order valence-corrected chi connectivity index (χ2v) is 10.5. The Labute approximate surface area is 193 Å². The zero-order valence-corrected chi connectivity index (χ0v) is 19.4. The van der Waals surface area contributed by atoms with Gasteiger partial charge in [-0.3, -0.25) is 4.79 Å². The molecule has 0 amide bonds. The molecule has 0 fully saturated rings. The molecule has 180 valence electrons. The Bertz CT molecular complexity index is 1400. The molecule has 0 saturated carbocycles. The van der Waals surface area contributed by atoms with E-state index in [9.17, 15) is 31.6 Å². The molecule has 0 aliphatic rings. The molecule has 0 saturated heterocycles. The molecule has 1 unspecified atom stereocenters. The van der Waals surface area contributed by atoms with Gasteiger partial charge in [-0.25, -0.2) is 22.9 Å². The van der Waals surface area contributed by atoms with Crippen molar-refractivity contribution in [2.45, 2.75) is 50.3 Å². The highest BCUT2D eigenvalue weighted by atomic mass is 32.2. The van der Waals surface area contributed by atoms with Gasteiger partial charge in [-0.15, -0.1) is 0 Å². The maximum atomic E-state index is 13.0. The quantitative estimate of drug-likeness (QED) is 0.492. The fourth-order valence-corrected chi connectivity index (χ4v) is 3.99. The van der Waals surface area contributed by atoms with E-state index in [2.05, 4.69) is 15.1 Å². The molecule has 0 bridgehead atoms. The molecule has 0 aromatic carbocycles. The SMILES string of the molecule is CCS(=O)(=O)c1ccc(C(C#N)C(=O)OC(C)(C)C)nc1-c1ccn2nc(C(F)(F)F)cc2n1. The zero-order valence-electron chi connectivity index (χ0n) is 18.6. The van der Waals surface area contributed by atoms with Crippen molar-refractivity contribution >= 4 is 21.5 Å². The van der Waals surface area contributed by atoms with Gasteiger partial charge < -0.3 is 4.74 Å². The van der Waals surface area contributed by atoms with Crippen molar-refractivity contribution in [1.29, 1.82) is 5.26 Å². The van der Waals surface area contributed by atoms with E-state index in [4.69, 9.17) is 4.74 Å². The van der Waals surface area contributed by atoms with Crippen molar-refractivity contribution in [1.82, 2.24) is 19.6 Å². The molecular weight excluding hydrogens is 475 g/mol. The summed E-state index contributed by atoms with van der Waals surface area (Å²) in [6, 6.07) is 6.16. The molecule has 34 heavy (non-hydrogen) atoms. The lowest BCUT2D eigenvalue weighted by atomic mass is 10.1. The van der Waals surface area contributed by atoms with Crippen LogP contribution in [0.4, 0.5) is 13.2 Å². The molecule has 0 spiro atoms. The van der Waals surface area contributed by atoms with Gasteiger partial charge in [-0.1, -0.05) is 6.92 Å². The van der Waals surface area contributed by atoms with Gasteiger partial charge in [0.15, 0.2) is 27.1 Å². The second kappa shape index (κ2) is 8.68. The Morgan fingerprint density at radius 2 is 1.88 bits per heavy atom. The fraction of sp³-hybridized carbons (Fsp3) is 0.381. The Morgan fingerprint density at radius 1 is 1.21 bits per heavy atom. The maximum Gasteiger partial charge on any atom is 0.435 e. The number of pyridine rings is 1. The van der Waals surface area contributed by atoms with E-state index in [0.29, 0.717) is 6.07 Å². The molecule has 0 aliphatic heterocycles. The lowest BCUT2D eigenvalue weighted by Gasteiger charge is -2.21. The van der Waals surface area contributed by atoms with E-state index >= 15 is 0 Å². The molecular formula is C21H20F3N5O4S. The van der Waals surface area contributed by atoms with E-state index in [-0.39, 0.29) is 33.4 Å². The predicted octanol–water partition coefficient (Wildman–Crippen LogP) is 3.55. The first-order valence-electron chi connectivity index (χ1n) is 9.96. The van der Waals surface area contributed by atoms with Gasteiger partial charge in [0.1, 0.15) is 11.3 Å². The molecule has 3 aromatic rings. The summed E-state index contributed by atoms with van der Waals surface area (Å²) in [5.41, 5.74) is -2.62. The largest absolute Gasteiger partial charge is 0.459 e. The minimum absolute atomic E-state index is 0.0733. The first-order valence-corrected chi connectivity index (χ1v) is 11.6. The van der Waals surface area contributed by atoms with Crippen molar-refractivity contribution < 1.29 is 31.1 Å². The number of halogens is 3. The van der Waals surface area contributed by atoms with E-state index in [1.165, 1.54) is 31.3 Å². The van der Waals surface area contributed by atoms with Gasteiger partial charge in [0.2, 0.25) is 0 Å². The number of alkyl halides is 3. The van der Waals surface area contributed by atoms with Gasteiger partial charge in [0, 0.05) is 12.3 Å². The van der Waals surface area contributed by atoms with Crippen LogP contribution in [-0.2, 0) is 25.5 Å². The minimum Gasteiger partial charge on any atom is -0.459 e. The molecule has 9 nitrogen and oxygen atoms in total. The highest BCUT2D eigenvalue weighted by molar-refractivity contribution is 7.91. The second-order valence-electron chi connectivity index (χ2n) is 8.22. The molecule has 3 rings (SSSR count). The predicted molar refractivity (Wildman–Crippen MR) is 113 cm³/mol. The Hall–Kier alpha value is -3.53. The number of carbonyl (C=O) groups is 1. The summed E-state index contributed by atoms with van der Waals surface area (Å²) in [7, 11) is -3.85. The minimum atomic E-state index is -4.70. The fourth-order valence-electron chi connectivity index (χ4n) is 2.96. The zero-order chi connectivity index (χ0) is 25.5. The number of esters is 1. The summed E-state index contributed by atoms with van der Waals surface area (Å²) < 4.78 is 70.6. The van der Waals surface area contributed by atoms with Crippen molar-refractivity contribution in [3.05, 3.63) is 41.9 Å². The van der Waals surface area contributed by atoms with Gasteiger partial charge in [-0.2, -0.15) is 23.5 Å². The van der Waals surface area contributed by atoms with Gasteiger partial charge in [-0.05, 0) is 39.0 Å². The third kappa shape index (κ3) is 5.17. The normalized spacial score (nSPS) is 13.5. The number of carbonyl (C=O) groups excluding carboxylic acids is 1. The van der Waals surface area contributed by atoms with Crippen LogP contribution in [0.5, 0.6) is 0 Å². The Kier molecular flexibility index (Phi) is 6.41. The lowest BCUT2D eigenvalue weighted by Crippen LogP contribution is -2.27. The highest BCUT2D eigenvalue weighted by Crippen LogP contribution is 2.31. The molecule has 0 radical (unpaired) electrons. The summed E-state index contributed by atoms with van der Waals surface area (Å²) in [4.78, 5) is 20.6. The van der Waals surface area contributed by atoms with Crippen LogP contribution >= 0.6 is 0 Å². The number of nitriles is 1. The molecule has 1 atom stereocenters. The number of hydrogen-bond acceptors (Lipinski definition) is 8. The first-order chi connectivity index (χ1) is 15.7. The third-order valence-electron chi connectivity index (χ3n) is 4.52. The number of fused-ring (bicyclic) bond motifs is 1. The van der Waals surface area contributed by atoms with E-state index in [1.807, 2.05) is 0 Å². The number of rotatable bonds is 5. The van der Waals surface area contributed by atoms with Crippen LogP contribution in [0.2, 0.25) is 0 Å². The summed E-state index contributed by atoms with van der Waals surface area (Å²) >= 11 is 0. The van der Waals surface area contributed by atoms with Crippen LogP contribution < -0.4 is 0 Å². The Morgan fingerprint density at radius 3 is 2.44 bits per heavy atom. The topological polar surface area (TPSA) is 127 Å². The smallest absolute Gasteiger partial charge is 0.435 e. The van der Waals surface area contributed by atoms with Crippen molar-refractivity contribution in [3.63, 3.8) is 0 Å². The van der Waals surface area contributed by atoms with Crippen LogP contribution in [0.25, 0.3) is 17.0 Å². The molecule has 3 aromatic heterocycles. The average molecular weight is 495 g/mol. The van der Waals surface area contributed by atoms with Gasteiger partial charge >= 0.3 is 12.1 Å². The molecule has 13 heteroatoms. The van der Waals surface area contributed by atoms with E-state index < -0.39 is 39.2 Å². The van der Waals surface area contributed by atoms with Gasteiger partial charge in [0.25, 0.3) is 0 Å².